The number of aromatic nitrogens is 2. The smallest absolute Gasteiger partial charge is 0.256 e. The van der Waals surface area contributed by atoms with E-state index in [0.717, 1.165) is 5.56 Å². The average molecular weight is 432 g/mol. The van der Waals surface area contributed by atoms with Crippen LogP contribution in [0, 0.1) is 0 Å². The number of halogens is 1. The molecule has 150 valence electrons. The summed E-state index contributed by atoms with van der Waals surface area (Å²) in [6.07, 6.45) is 0. The van der Waals surface area contributed by atoms with Crippen LogP contribution in [-0.4, -0.2) is 34.1 Å². The van der Waals surface area contributed by atoms with Gasteiger partial charge in [0, 0.05) is 26.9 Å². The van der Waals surface area contributed by atoms with Crippen LogP contribution in [0.4, 0.5) is 5.82 Å². The lowest BCUT2D eigenvalue weighted by atomic mass is 10.2. The molecule has 0 spiro atoms. The summed E-state index contributed by atoms with van der Waals surface area (Å²) in [5.74, 6) is 1.85. The van der Waals surface area contributed by atoms with Crippen LogP contribution in [-0.2, 0) is 22.3 Å². The van der Waals surface area contributed by atoms with Crippen molar-refractivity contribution in [2.45, 2.75) is 11.5 Å². The van der Waals surface area contributed by atoms with Crippen molar-refractivity contribution in [2.24, 2.45) is 0 Å². The van der Waals surface area contributed by atoms with Gasteiger partial charge in [-0.25, -0.2) is 4.68 Å². The summed E-state index contributed by atoms with van der Waals surface area (Å²) in [6, 6.07) is 12.1. The number of carbonyl (C=O) groups is 1. The summed E-state index contributed by atoms with van der Waals surface area (Å²) >= 11 is 6.13. The first-order chi connectivity index (χ1) is 14.0. The van der Waals surface area contributed by atoms with E-state index in [0.29, 0.717) is 50.8 Å². The van der Waals surface area contributed by atoms with Gasteiger partial charge in [-0.2, -0.15) is 5.10 Å². The molecule has 0 fully saturated rings. The Labute approximate surface area is 175 Å². The van der Waals surface area contributed by atoms with Crippen LogP contribution < -0.4 is 14.8 Å². The van der Waals surface area contributed by atoms with Crippen molar-refractivity contribution in [3.63, 3.8) is 0 Å². The van der Waals surface area contributed by atoms with E-state index in [1.165, 1.54) is 14.2 Å². The SMILES string of the molecule is COc1ccc(C(=O)Nc2c3c(nn2-c2cccc(Cl)c2)C[S@@](=O)C3)cc1OC. The first-order valence-corrected chi connectivity index (χ1v) is 10.6. The van der Waals surface area contributed by atoms with Gasteiger partial charge < -0.3 is 14.8 Å². The van der Waals surface area contributed by atoms with Gasteiger partial charge in [0.1, 0.15) is 5.82 Å². The van der Waals surface area contributed by atoms with Crippen LogP contribution in [0.5, 0.6) is 11.5 Å². The molecule has 0 saturated heterocycles. The lowest BCUT2D eigenvalue weighted by Crippen LogP contribution is -2.16. The number of ether oxygens (including phenoxy) is 2. The first-order valence-electron chi connectivity index (χ1n) is 8.75. The van der Waals surface area contributed by atoms with E-state index in [1.807, 2.05) is 12.1 Å². The van der Waals surface area contributed by atoms with Gasteiger partial charge in [0.05, 0.1) is 37.1 Å². The van der Waals surface area contributed by atoms with Crippen molar-refractivity contribution in [3.8, 4) is 17.2 Å². The second kappa shape index (κ2) is 7.88. The number of nitrogens with zero attached hydrogens (tertiary/aromatic N) is 2. The molecular weight excluding hydrogens is 414 g/mol. The molecule has 2 heterocycles. The van der Waals surface area contributed by atoms with E-state index < -0.39 is 10.8 Å². The highest BCUT2D eigenvalue weighted by molar-refractivity contribution is 7.83. The highest BCUT2D eigenvalue weighted by Gasteiger charge is 2.28. The third-order valence-corrected chi connectivity index (χ3v) is 6.04. The molecule has 0 aliphatic carbocycles. The predicted molar refractivity (Wildman–Crippen MR) is 112 cm³/mol. The van der Waals surface area contributed by atoms with Crippen molar-refractivity contribution < 1.29 is 18.5 Å². The van der Waals surface area contributed by atoms with Crippen LogP contribution in [0.25, 0.3) is 5.69 Å². The number of anilines is 1. The quantitative estimate of drug-likeness (QED) is 0.668. The van der Waals surface area contributed by atoms with Gasteiger partial charge in [0.25, 0.3) is 5.91 Å². The van der Waals surface area contributed by atoms with Crippen LogP contribution >= 0.6 is 11.6 Å². The maximum absolute atomic E-state index is 13.0. The van der Waals surface area contributed by atoms with Gasteiger partial charge in [0.2, 0.25) is 0 Å². The third kappa shape index (κ3) is 3.73. The summed E-state index contributed by atoms with van der Waals surface area (Å²) in [7, 11) is 2.02. The summed E-state index contributed by atoms with van der Waals surface area (Å²) in [5, 5.41) is 8.04. The number of benzene rings is 2. The highest BCUT2D eigenvalue weighted by Crippen LogP contribution is 2.33. The lowest BCUT2D eigenvalue weighted by molar-refractivity contribution is 0.102. The molecule has 4 rings (SSSR count). The molecule has 0 unspecified atom stereocenters. The summed E-state index contributed by atoms with van der Waals surface area (Å²) in [4.78, 5) is 13.0. The number of fused-ring (bicyclic) bond motifs is 1. The highest BCUT2D eigenvalue weighted by atomic mass is 35.5. The predicted octanol–water partition coefficient (Wildman–Crippen LogP) is 3.56. The number of methoxy groups -OCH3 is 2. The second-order valence-corrected chi connectivity index (χ2v) is 8.31. The van der Waals surface area contributed by atoms with Crippen molar-refractivity contribution in [2.75, 3.05) is 19.5 Å². The monoisotopic (exact) mass is 431 g/mol. The number of nitrogens with one attached hydrogen (secondary N) is 1. The number of hydrogen-bond donors (Lipinski definition) is 1. The molecule has 29 heavy (non-hydrogen) atoms. The molecule has 1 atom stereocenters. The third-order valence-electron chi connectivity index (χ3n) is 4.60. The molecule has 1 amide bonds. The Morgan fingerprint density at radius 1 is 1.14 bits per heavy atom. The number of carbonyl (C=O) groups excluding carboxylic acids is 1. The largest absolute Gasteiger partial charge is 0.493 e. The second-order valence-electron chi connectivity index (χ2n) is 6.42. The zero-order valence-electron chi connectivity index (χ0n) is 15.8. The van der Waals surface area contributed by atoms with Crippen molar-refractivity contribution in [1.29, 1.82) is 0 Å². The maximum atomic E-state index is 13.0. The van der Waals surface area contributed by atoms with Crippen molar-refractivity contribution in [1.82, 2.24) is 9.78 Å². The van der Waals surface area contributed by atoms with E-state index in [2.05, 4.69) is 10.4 Å². The summed E-state index contributed by atoms with van der Waals surface area (Å²) < 4.78 is 24.2. The van der Waals surface area contributed by atoms with E-state index in [1.54, 1.807) is 35.0 Å². The zero-order valence-corrected chi connectivity index (χ0v) is 17.3. The van der Waals surface area contributed by atoms with Gasteiger partial charge in [-0.3, -0.25) is 9.00 Å². The van der Waals surface area contributed by atoms with E-state index in [-0.39, 0.29) is 5.91 Å². The molecule has 2 aromatic carbocycles. The van der Waals surface area contributed by atoms with Gasteiger partial charge in [0.15, 0.2) is 11.5 Å². The fraction of sp³-hybridized carbons (Fsp3) is 0.200. The molecule has 0 saturated carbocycles. The Hall–Kier alpha value is -2.84. The molecule has 1 aliphatic heterocycles. The minimum absolute atomic E-state index is 0.338. The Morgan fingerprint density at radius 2 is 1.93 bits per heavy atom. The van der Waals surface area contributed by atoms with E-state index >= 15 is 0 Å². The van der Waals surface area contributed by atoms with Crippen LogP contribution in [0.1, 0.15) is 21.6 Å². The fourth-order valence-electron chi connectivity index (χ4n) is 3.21. The number of amides is 1. The van der Waals surface area contributed by atoms with Gasteiger partial charge in [-0.15, -0.1) is 0 Å². The number of hydrogen-bond acceptors (Lipinski definition) is 5. The molecule has 9 heteroatoms. The number of rotatable bonds is 5. The topological polar surface area (TPSA) is 82.5 Å². The molecule has 1 aromatic heterocycles. The van der Waals surface area contributed by atoms with Gasteiger partial charge in [-0.1, -0.05) is 17.7 Å². The van der Waals surface area contributed by atoms with Crippen molar-refractivity contribution >= 4 is 34.1 Å². The minimum atomic E-state index is -1.03. The Kier molecular flexibility index (Phi) is 5.29. The lowest BCUT2D eigenvalue weighted by Gasteiger charge is -2.13. The molecule has 0 radical (unpaired) electrons. The summed E-state index contributed by atoms with van der Waals surface area (Å²) in [5.41, 5.74) is 2.60. The van der Waals surface area contributed by atoms with E-state index in [4.69, 9.17) is 21.1 Å². The molecule has 1 aliphatic rings. The minimum Gasteiger partial charge on any atom is -0.493 e. The first kappa shape index (κ1) is 19.5. The standard InChI is InChI=1S/C20H18ClN3O4S/c1-27-17-7-6-12(8-18(17)28-2)20(25)22-19-15-10-29(26)11-16(15)23-24(19)14-5-3-4-13(21)9-14/h3-9H,10-11H2,1-2H3,(H,22,25)/t29-/m0/s1. The van der Waals surface area contributed by atoms with Gasteiger partial charge >= 0.3 is 0 Å². The molecule has 1 N–H and O–H groups in total. The molecule has 0 bridgehead atoms. The summed E-state index contributed by atoms with van der Waals surface area (Å²) in [6.45, 7) is 0. The van der Waals surface area contributed by atoms with Crippen molar-refractivity contribution in [3.05, 3.63) is 64.3 Å². The van der Waals surface area contributed by atoms with Crippen LogP contribution in [0.15, 0.2) is 42.5 Å². The Morgan fingerprint density at radius 3 is 2.66 bits per heavy atom. The van der Waals surface area contributed by atoms with E-state index in [9.17, 15) is 9.00 Å². The molecule has 3 aromatic rings. The van der Waals surface area contributed by atoms with Crippen LogP contribution in [0.2, 0.25) is 5.02 Å². The Balaban J connectivity index is 1.73. The average Bonchev–Trinajstić information content (AvgIpc) is 3.24. The fourth-order valence-corrected chi connectivity index (χ4v) is 4.66. The van der Waals surface area contributed by atoms with Crippen LogP contribution in [0.3, 0.4) is 0 Å². The Bertz CT molecular complexity index is 1130. The molecule has 7 nitrogen and oxygen atoms in total. The van der Waals surface area contributed by atoms with Gasteiger partial charge in [-0.05, 0) is 36.4 Å². The zero-order chi connectivity index (χ0) is 20.5. The maximum Gasteiger partial charge on any atom is 0.256 e. The normalized spacial score (nSPS) is 15.1. The molecular formula is C20H18ClN3O4S.